The summed E-state index contributed by atoms with van der Waals surface area (Å²) in [7, 11) is 1.63. The largest absolute Gasteiger partial charge is 0.497 e. The molecular formula is C15H17N3O2. The molecule has 0 saturated heterocycles. The lowest BCUT2D eigenvalue weighted by molar-refractivity contribution is 0.100. The number of methoxy groups -OCH3 is 1. The van der Waals surface area contributed by atoms with E-state index in [1.54, 1.807) is 25.3 Å². The molecule has 0 unspecified atom stereocenters. The molecule has 0 saturated carbocycles. The van der Waals surface area contributed by atoms with Gasteiger partial charge in [-0.15, -0.1) is 0 Å². The van der Waals surface area contributed by atoms with Crippen LogP contribution in [0.5, 0.6) is 5.75 Å². The molecule has 5 nitrogen and oxygen atoms in total. The number of benzene rings is 1. The number of aryl methyl sites for hydroxylation is 1. The molecule has 0 atom stereocenters. The van der Waals surface area contributed by atoms with E-state index >= 15 is 0 Å². The number of carbonyl (C=O) groups is 1. The molecule has 5 heteroatoms. The number of amides is 1. The first-order chi connectivity index (χ1) is 9.58. The van der Waals surface area contributed by atoms with E-state index in [-0.39, 0.29) is 0 Å². The van der Waals surface area contributed by atoms with Crippen molar-refractivity contribution in [3.05, 3.63) is 53.3 Å². The normalized spacial score (nSPS) is 10.1. The number of carbonyl (C=O) groups excluding carboxylic acids is 1. The van der Waals surface area contributed by atoms with E-state index in [9.17, 15) is 4.79 Å². The second kappa shape index (κ2) is 6.06. The number of anilines is 1. The minimum absolute atomic E-state index is 0.441. The highest BCUT2D eigenvalue weighted by atomic mass is 16.5. The molecule has 2 rings (SSSR count). The van der Waals surface area contributed by atoms with E-state index in [1.165, 1.54) is 0 Å². The molecule has 0 aliphatic carbocycles. The van der Waals surface area contributed by atoms with Gasteiger partial charge in [0.2, 0.25) is 5.91 Å². The van der Waals surface area contributed by atoms with Crippen LogP contribution in [0.2, 0.25) is 0 Å². The van der Waals surface area contributed by atoms with Gasteiger partial charge in [0.05, 0.1) is 19.3 Å². The first-order valence-corrected chi connectivity index (χ1v) is 6.24. The van der Waals surface area contributed by atoms with Gasteiger partial charge in [0, 0.05) is 29.1 Å². The Morgan fingerprint density at radius 1 is 1.35 bits per heavy atom. The molecule has 0 aliphatic rings. The highest BCUT2D eigenvalue weighted by Crippen LogP contribution is 2.15. The second-order valence-electron chi connectivity index (χ2n) is 4.44. The Labute approximate surface area is 117 Å². The summed E-state index contributed by atoms with van der Waals surface area (Å²) in [5.41, 5.74) is 8.31. The summed E-state index contributed by atoms with van der Waals surface area (Å²) in [6, 6.07) is 10.8. The van der Waals surface area contributed by atoms with Gasteiger partial charge < -0.3 is 15.8 Å². The molecule has 1 amide bonds. The average molecular weight is 271 g/mol. The molecule has 0 aliphatic heterocycles. The van der Waals surface area contributed by atoms with Crippen molar-refractivity contribution in [1.82, 2.24) is 4.98 Å². The fourth-order valence-electron chi connectivity index (χ4n) is 1.89. The van der Waals surface area contributed by atoms with Gasteiger partial charge in [-0.25, -0.2) is 0 Å². The minimum Gasteiger partial charge on any atom is -0.497 e. The van der Waals surface area contributed by atoms with E-state index in [4.69, 9.17) is 10.5 Å². The third-order valence-electron chi connectivity index (χ3n) is 2.84. The van der Waals surface area contributed by atoms with Crippen molar-refractivity contribution < 1.29 is 9.53 Å². The van der Waals surface area contributed by atoms with E-state index < -0.39 is 5.91 Å². The third-order valence-corrected chi connectivity index (χ3v) is 2.84. The Kier molecular flexibility index (Phi) is 4.20. The molecule has 1 heterocycles. The summed E-state index contributed by atoms with van der Waals surface area (Å²) >= 11 is 0. The van der Waals surface area contributed by atoms with E-state index in [1.807, 2.05) is 25.1 Å². The van der Waals surface area contributed by atoms with Crippen LogP contribution in [0, 0.1) is 6.92 Å². The van der Waals surface area contributed by atoms with E-state index in [0.29, 0.717) is 12.1 Å². The zero-order valence-electron chi connectivity index (χ0n) is 11.5. The first kappa shape index (κ1) is 13.9. The number of nitrogens with one attached hydrogen (secondary N) is 1. The predicted molar refractivity (Wildman–Crippen MR) is 77.8 cm³/mol. The lowest BCUT2D eigenvalue weighted by Crippen LogP contribution is -2.11. The van der Waals surface area contributed by atoms with Crippen LogP contribution < -0.4 is 15.8 Å². The molecule has 1 aromatic heterocycles. The van der Waals surface area contributed by atoms with Crippen molar-refractivity contribution in [3.8, 4) is 5.75 Å². The van der Waals surface area contributed by atoms with Crippen molar-refractivity contribution in [3.63, 3.8) is 0 Å². The Balaban J connectivity index is 2.10. The van der Waals surface area contributed by atoms with Crippen molar-refractivity contribution in [2.75, 3.05) is 12.4 Å². The molecule has 20 heavy (non-hydrogen) atoms. The third kappa shape index (κ3) is 3.47. The van der Waals surface area contributed by atoms with Gasteiger partial charge >= 0.3 is 0 Å². The molecule has 0 bridgehead atoms. The zero-order chi connectivity index (χ0) is 14.5. The number of nitrogens with zero attached hydrogens (tertiary/aromatic N) is 1. The first-order valence-electron chi connectivity index (χ1n) is 6.24. The molecule has 2 aromatic rings. The van der Waals surface area contributed by atoms with Crippen LogP contribution in [0.4, 0.5) is 5.69 Å². The van der Waals surface area contributed by atoms with Crippen molar-refractivity contribution in [1.29, 1.82) is 0 Å². The van der Waals surface area contributed by atoms with Crippen LogP contribution in [0.15, 0.2) is 36.4 Å². The fraction of sp³-hybridized carbons (Fsp3) is 0.200. The maximum Gasteiger partial charge on any atom is 0.248 e. The number of hydrogen-bond acceptors (Lipinski definition) is 4. The lowest BCUT2D eigenvalue weighted by atomic mass is 10.2. The Hall–Kier alpha value is -2.56. The van der Waals surface area contributed by atoms with Gasteiger partial charge in [-0.05, 0) is 25.1 Å². The van der Waals surface area contributed by atoms with Crippen LogP contribution in [0.3, 0.4) is 0 Å². The van der Waals surface area contributed by atoms with Crippen LogP contribution >= 0.6 is 0 Å². The smallest absolute Gasteiger partial charge is 0.248 e. The van der Waals surface area contributed by atoms with Crippen LogP contribution in [0.1, 0.15) is 21.7 Å². The Morgan fingerprint density at radius 2 is 2.15 bits per heavy atom. The van der Waals surface area contributed by atoms with Gasteiger partial charge in [-0.1, -0.05) is 6.07 Å². The molecule has 0 fully saturated rings. The molecule has 0 spiro atoms. The van der Waals surface area contributed by atoms with Gasteiger partial charge in [0.15, 0.2) is 0 Å². The number of aromatic nitrogens is 1. The molecule has 3 N–H and O–H groups in total. The van der Waals surface area contributed by atoms with Crippen LogP contribution in [-0.4, -0.2) is 18.0 Å². The molecule has 0 radical (unpaired) electrons. The van der Waals surface area contributed by atoms with Crippen molar-refractivity contribution >= 4 is 11.6 Å². The number of nitrogens with two attached hydrogens (primary N) is 1. The van der Waals surface area contributed by atoms with Crippen LogP contribution in [0.25, 0.3) is 0 Å². The number of pyridine rings is 1. The van der Waals surface area contributed by atoms with E-state index in [0.717, 1.165) is 22.8 Å². The molecule has 104 valence electrons. The highest BCUT2D eigenvalue weighted by molar-refractivity contribution is 5.93. The maximum absolute atomic E-state index is 11.1. The predicted octanol–water partition coefficient (Wildman–Crippen LogP) is 2.11. The van der Waals surface area contributed by atoms with Gasteiger partial charge in [0.1, 0.15) is 5.75 Å². The molecular weight excluding hydrogens is 254 g/mol. The van der Waals surface area contributed by atoms with Gasteiger partial charge in [0.25, 0.3) is 0 Å². The quantitative estimate of drug-likeness (QED) is 0.873. The number of hydrogen-bond donors (Lipinski definition) is 2. The lowest BCUT2D eigenvalue weighted by Gasteiger charge is -2.09. The molecule has 1 aromatic carbocycles. The standard InChI is InChI=1S/C15H17N3O2/c1-10-6-14(20-2)8-13(18-10)9-17-12-5-3-4-11(7-12)15(16)19/h3-8,17H,9H2,1-2H3,(H2,16,19). The topological polar surface area (TPSA) is 77.2 Å². The summed E-state index contributed by atoms with van der Waals surface area (Å²) < 4.78 is 5.21. The minimum atomic E-state index is -0.441. The van der Waals surface area contributed by atoms with Crippen molar-refractivity contribution in [2.24, 2.45) is 5.73 Å². The number of ether oxygens (including phenoxy) is 1. The van der Waals surface area contributed by atoms with Crippen molar-refractivity contribution in [2.45, 2.75) is 13.5 Å². The summed E-state index contributed by atoms with van der Waals surface area (Å²) in [5.74, 6) is 0.337. The summed E-state index contributed by atoms with van der Waals surface area (Å²) in [5, 5.41) is 3.21. The monoisotopic (exact) mass is 271 g/mol. The Bertz CT molecular complexity index is 626. The Morgan fingerprint density at radius 3 is 2.85 bits per heavy atom. The summed E-state index contributed by atoms with van der Waals surface area (Å²) in [6.07, 6.45) is 0. The van der Waals surface area contributed by atoms with E-state index in [2.05, 4.69) is 10.3 Å². The van der Waals surface area contributed by atoms with Gasteiger partial charge in [-0.2, -0.15) is 0 Å². The number of primary amides is 1. The number of rotatable bonds is 5. The second-order valence-corrected chi connectivity index (χ2v) is 4.44. The SMILES string of the molecule is COc1cc(C)nc(CNc2cccc(C(N)=O)c2)c1. The maximum atomic E-state index is 11.1. The summed E-state index contributed by atoms with van der Waals surface area (Å²) in [6.45, 7) is 2.46. The summed E-state index contributed by atoms with van der Waals surface area (Å²) in [4.78, 5) is 15.5. The highest BCUT2D eigenvalue weighted by Gasteiger charge is 2.03. The fourth-order valence-corrected chi connectivity index (χ4v) is 1.89. The van der Waals surface area contributed by atoms with Crippen LogP contribution in [-0.2, 0) is 6.54 Å². The zero-order valence-corrected chi connectivity index (χ0v) is 11.5. The van der Waals surface area contributed by atoms with Gasteiger partial charge in [-0.3, -0.25) is 9.78 Å². The average Bonchev–Trinajstić information content (AvgIpc) is 2.44.